The first-order valence-electron chi connectivity index (χ1n) is 4.95. The standard InChI is InChI=1S/C11H18/c1-8(2)11-7-9-3-5-10(11)6-4-9/h3,5,8-11H,4,6-7H2,1-2H3/t9-,10+,11-/m0/s1. The van der Waals surface area contributed by atoms with E-state index in [0.29, 0.717) is 0 Å². The highest BCUT2D eigenvalue weighted by atomic mass is 14.4. The van der Waals surface area contributed by atoms with Gasteiger partial charge in [0.25, 0.3) is 0 Å². The van der Waals surface area contributed by atoms with E-state index < -0.39 is 0 Å². The predicted molar refractivity (Wildman–Crippen MR) is 48.3 cm³/mol. The Bertz CT molecular complexity index is 167. The molecule has 0 spiro atoms. The Balaban J connectivity index is 2.11. The van der Waals surface area contributed by atoms with E-state index in [-0.39, 0.29) is 0 Å². The van der Waals surface area contributed by atoms with Gasteiger partial charge >= 0.3 is 0 Å². The molecule has 11 heavy (non-hydrogen) atoms. The maximum absolute atomic E-state index is 2.47. The van der Waals surface area contributed by atoms with E-state index in [1.807, 2.05) is 0 Å². The highest BCUT2D eigenvalue weighted by molar-refractivity contribution is 5.06. The molecular weight excluding hydrogens is 132 g/mol. The summed E-state index contributed by atoms with van der Waals surface area (Å²) in [7, 11) is 0. The second kappa shape index (κ2) is 2.66. The molecule has 0 amide bonds. The molecule has 2 bridgehead atoms. The lowest BCUT2D eigenvalue weighted by atomic mass is 9.65. The molecule has 1 saturated carbocycles. The average Bonchev–Trinajstić information content (AvgIpc) is 2.06. The predicted octanol–water partition coefficient (Wildman–Crippen LogP) is 3.24. The van der Waals surface area contributed by atoms with Gasteiger partial charge in [0.1, 0.15) is 0 Å². The van der Waals surface area contributed by atoms with Crippen molar-refractivity contribution < 1.29 is 0 Å². The molecule has 0 aliphatic heterocycles. The van der Waals surface area contributed by atoms with Gasteiger partial charge in [-0.05, 0) is 42.9 Å². The van der Waals surface area contributed by atoms with Gasteiger partial charge in [-0.25, -0.2) is 0 Å². The van der Waals surface area contributed by atoms with Gasteiger partial charge in [-0.15, -0.1) is 0 Å². The molecule has 0 nitrogen and oxygen atoms in total. The van der Waals surface area contributed by atoms with E-state index in [1.165, 1.54) is 19.3 Å². The van der Waals surface area contributed by atoms with Crippen molar-refractivity contribution in [2.24, 2.45) is 23.7 Å². The maximum atomic E-state index is 2.47. The molecule has 0 aromatic heterocycles. The highest BCUT2D eigenvalue weighted by Crippen LogP contribution is 2.43. The fourth-order valence-corrected chi connectivity index (χ4v) is 2.74. The molecular formula is C11H18. The third-order valence-electron chi connectivity index (χ3n) is 3.48. The quantitative estimate of drug-likeness (QED) is 0.503. The molecule has 0 heteroatoms. The first kappa shape index (κ1) is 7.39. The molecule has 0 radical (unpaired) electrons. The summed E-state index contributed by atoms with van der Waals surface area (Å²) in [5.74, 6) is 3.76. The Labute approximate surface area is 69.7 Å². The molecule has 1 fully saturated rings. The van der Waals surface area contributed by atoms with Gasteiger partial charge in [-0.2, -0.15) is 0 Å². The number of fused-ring (bicyclic) bond motifs is 2. The van der Waals surface area contributed by atoms with Crippen LogP contribution in [-0.2, 0) is 0 Å². The summed E-state index contributed by atoms with van der Waals surface area (Å²) < 4.78 is 0. The molecule has 3 atom stereocenters. The van der Waals surface area contributed by atoms with E-state index in [9.17, 15) is 0 Å². The maximum Gasteiger partial charge on any atom is -0.0202 e. The highest BCUT2D eigenvalue weighted by Gasteiger charge is 2.33. The van der Waals surface area contributed by atoms with E-state index in [4.69, 9.17) is 0 Å². The largest absolute Gasteiger partial charge is 0.0851 e. The van der Waals surface area contributed by atoms with Crippen molar-refractivity contribution in [2.45, 2.75) is 33.1 Å². The summed E-state index contributed by atoms with van der Waals surface area (Å²) in [6.07, 6.45) is 9.32. The van der Waals surface area contributed by atoms with Crippen molar-refractivity contribution in [1.82, 2.24) is 0 Å². The fourth-order valence-electron chi connectivity index (χ4n) is 2.74. The summed E-state index contributed by atoms with van der Waals surface area (Å²) in [5.41, 5.74) is 0. The van der Waals surface area contributed by atoms with Crippen LogP contribution in [0.3, 0.4) is 0 Å². The number of hydrogen-bond acceptors (Lipinski definition) is 0. The summed E-state index contributed by atoms with van der Waals surface area (Å²) >= 11 is 0. The molecule has 3 rings (SSSR count). The van der Waals surface area contributed by atoms with E-state index in [2.05, 4.69) is 26.0 Å². The number of rotatable bonds is 1. The SMILES string of the molecule is CC(C)[C@@H]1C[C@H]2C=C[C@@H]1CC2. The van der Waals surface area contributed by atoms with Crippen LogP contribution in [0, 0.1) is 23.7 Å². The van der Waals surface area contributed by atoms with Gasteiger partial charge in [0, 0.05) is 0 Å². The average molecular weight is 150 g/mol. The van der Waals surface area contributed by atoms with Gasteiger partial charge in [0.15, 0.2) is 0 Å². The Hall–Kier alpha value is -0.260. The Morgan fingerprint density at radius 3 is 2.27 bits per heavy atom. The van der Waals surface area contributed by atoms with Gasteiger partial charge < -0.3 is 0 Å². The summed E-state index contributed by atoms with van der Waals surface area (Å²) in [6.45, 7) is 4.75. The zero-order chi connectivity index (χ0) is 7.84. The van der Waals surface area contributed by atoms with Gasteiger partial charge in [0.2, 0.25) is 0 Å². The molecule has 62 valence electrons. The Morgan fingerprint density at radius 1 is 1.18 bits per heavy atom. The minimum Gasteiger partial charge on any atom is -0.0851 e. The monoisotopic (exact) mass is 150 g/mol. The smallest absolute Gasteiger partial charge is 0.0202 e. The molecule has 3 aliphatic rings. The summed E-state index contributed by atoms with van der Waals surface area (Å²) in [5, 5.41) is 0. The van der Waals surface area contributed by atoms with Crippen LogP contribution in [0.15, 0.2) is 12.2 Å². The van der Waals surface area contributed by atoms with Gasteiger partial charge in [0.05, 0.1) is 0 Å². The lowest BCUT2D eigenvalue weighted by Gasteiger charge is -2.40. The number of allylic oxidation sites excluding steroid dienone is 2. The van der Waals surface area contributed by atoms with Crippen LogP contribution in [0.2, 0.25) is 0 Å². The van der Waals surface area contributed by atoms with Crippen LogP contribution in [-0.4, -0.2) is 0 Å². The Morgan fingerprint density at radius 2 is 2.00 bits per heavy atom. The minimum absolute atomic E-state index is 0.896. The van der Waals surface area contributed by atoms with Crippen molar-refractivity contribution in [3.8, 4) is 0 Å². The van der Waals surface area contributed by atoms with Crippen molar-refractivity contribution in [2.75, 3.05) is 0 Å². The van der Waals surface area contributed by atoms with Crippen molar-refractivity contribution in [3.63, 3.8) is 0 Å². The van der Waals surface area contributed by atoms with Crippen molar-refractivity contribution >= 4 is 0 Å². The van der Waals surface area contributed by atoms with Crippen LogP contribution < -0.4 is 0 Å². The van der Waals surface area contributed by atoms with Crippen molar-refractivity contribution in [3.05, 3.63) is 12.2 Å². The van der Waals surface area contributed by atoms with Crippen LogP contribution in [0.1, 0.15) is 33.1 Å². The van der Waals surface area contributed by atoms with Gasteiger partial charge in [-0.3, -0.25) is 0 Å². The van der Waals surface area contributed by atoms with Crippen molar-refractivity contribution in [1.29, 1.82) is 0 Å². The van der Waals surface area contributed by atoms with Crippen LogP contribution in [0.5, 0.6) is 0 Å². The van der Waals surface area contributed by atoms with E-state index in [0.717, 1.165) is 23.7 Å². The molecule has 0 N–H and O–H groups in total. The lowest BCUT2D eigenvalue weighted by molar-refractivity contribution is 0.170. The first-order chi connectivity index (χ1) is 5.27. The van der Waals surface area contributed by atoms with E-state index in [1.54, 1.807) is 0 Å². The normalized spacial score (nSPS) is 41.9. The van der Waals surface area contributed by atoms with Crippen LogP contribution in [0.4, 0.5) is 0 Å². The first-order valence-corrected chi connectivity index (χ1v) is 4.95. The fraction of sp³-hybridized carbons (Fsp3) is 0.818. The second-order valence-corrected chi connectivity index (χ2v) is 4.53. The van der Waals surface area contributed by atoms with Gasteiger partial charge in [-0.1, -0.05) is 26.0 Å². The molecule has 0 unspecified atom stereocenters. The topological polar surface area (TPSA) is 0 Å². The third kappa shape index (κ3) is 1.23. The molecule has 0 aromatic rings. The second-order valence-electron chi connectivity index (χ2n) is 4.53. The zero-order valence-corrected chi connectivity index (χ0v) is 7.59. The minimum atomic E-state index is 0.896. The van der Waals surface area contributed by atoms with Crippen LogP contribution >= 0.6 is 0 Å². The summed E-state index contributed by atoms with van der Waals surface area (Å²) in [6, 6.07) is 0. The Kier molecular flexibility index (Phi) is 1.78. The zero-order valence-electron chi connectivity index (χ0n) is 7.59. The summed E-state index contributed by atoms with van der Waals surface area (Å²) in [4.78, 5) is 0. The third-order valence-corrected chi connectivity index (χ3v) is 3.48. The molecule has 0 heterocycles. The molecule has 3 aliphatic carbocycles. The molecule has 0 saturated heterocycles. The number of hydrogen-bond donors (Lipinski definition) is 0. The van der Waals surface area contributed by atoms with Crippen LogP contribution in [0.25, 0.3) is 0 Å². The van der Waals surface area contributed by atoms with E-state index >= 15 is 0 Å². The molecule has 0 aromatic carbocycles. The lowest BCUT2D eigenvalue weighted by Crippen LogP contribution is -2.30.